The minimum Gasteiger partial charge on any atom is -0.495 e. The lowest BCUT2D eigenvalue weighted by molar-refractivity contribution is 0.414. The van der Waals surface area contributed by atoms with Gasteiger partial charge < -0.3 is 19.5 Å². The van der Waals surface area contributed by atoms with Crippen LogP contribution in [0.3, 0.4) is 0 Å². The van der Waals surface area contributed by atoms with Crippen LogP contribution in [-0.2, 0) is 0 Å². The van der Waals surface area contributed by atoms with E-state index in [0.717, 1.165) is 28.5 Å². The molecule has 1 fully saturated rings. The van der Waals surface area contributed by atoms with Crippen molar-refractivity contribution in [1.82, 2.24) is 14.9 Å². The summed E-state index contributed by atoms with van der Waals surface area (Å²) in [4.78, 5) is 6.75. The number of rotatable bonds is 5. The van der Waals surface area contributed by atoms with Gasteiger partial charge in [0.05, 0.1) is 24.5 Å². The first-order valence-corrected chi connectivity index (χ1v) is 11.0. The first kappa shape index (κ1) is 20.5. The Morgan fingerprint density at radius 2 is 1.84 bits per heavy atom. The quantitative estimate of drug-likeness (QED) is 0.386. The number of methoxy groups -OCH3 is 1. The molecule has 3 heterocycles. The van der Waals surface area contributed by atoms with E-state index >= 15 is 0 Å². The Labute approximate surface area is 197 Å². The summed E-state index contributed by atoms with van der Waals surface area (Å²) in [6.45, 7) is 0. The lowest BCUT2D eigenvalue weighted by Crippen LogP contribution is -2.30. The summed E-state index contributed by atoms with van der Waals surface area (Å²) in [6.07, 6.45) is 3.84. The van der Waals surface area contributed by atoms with Crippen LogP contribution in [0, 0.1) is 0 Å². The number of pyridine rings is 1. The molecule has 1 aliphatic rings. The molecule has 0 saturated carbocycles. The van der Waals surface area contributed by atoms with Crippen LogP contribution in [0.1, 0.15) is 23.5 Å². The Morgan fingerprint density at radius 3 is 2.62 bits per heavy atom. The van der Waals surface area contributed by atoms with Crippen LogP contribution in [0.4, 0.5) is 5.69 Å². The Bertz CT molecular complexity index is 1260. The highest BCUT2D eigenvalue weighted by molar-refractivity contribution is 7.80. The van der Waals surface area contributed by atoms with Gasteiger partial charge in [-0.15, -0.1) is 0 Å². The second kappa shape index (κ2) is 8.65. The molecule has 0 spiro atoms. The number of halogens is 1. The number of para-hydroxylation sites is 2. The van der Waals surface area contributed by atoms with Crippen LogP contribution in [0.2, 0.25) is 5.02 Å². The number of aromatic nitrogens is 2. The highest BCUT2D eigenvalue weighted by atomic mass is 35.5. The molecule has 0 bridgehead atoms. The van der Waals surface area contributed by atoms with Gasteiger partial charge >= 0.3 is 0 Å². The normalized spacial score (nSPS) is 17.9. The molecule has 0 amide bonds. The zero-order valence-corrected chi connectivity index (χ0v) is 18.9. The summed E-state index contributed by atoms with van der Waals surface area (Å²) in [5.41, 5.74) is 3.85. The molecule has 1 saturated heterocycles. The molecule has 0 unspecified atom stereocenters. The molecule has 2 aromatic heterocycles. The highest BCUT2D eigenvalue weighted by Gasteiger charge is 2.43. The molecule has 5 nitrogen and oxygen atoms in total. The maximum absolute atomic E-state index is 6.30. The fraction of sp³-hybridized carbons (Fsp3) is 0.120. The number of thiocarbonyl (C=S) groups is 1. The van der Waals surface area contributed by atoms with Crippen molar-refractivity contribution < 1.29 is 4.74 Å². The lowest BCUT2D eigenvalue weighted by atomic mass is 10.0. The summed E-state index contributed by atoms with van der Waals surface area (Å²) in [7, 11) is 1.67. The van der Waals surface area contributed by atoms with Gasteiger partial charge in [0.1, 0.15) is 11.8 Å². The van der Waals surface area contributed by atoms with Crippen molar-refractivity contribution in [1.29, 1.82) is 0 Å². The smallest absolute Gasteiger partial charge is 0.174 e. The van der Waals surface area contributed by atoms with Crippen LogP contribution in [-0.4, -0.2) is 21.8 Å². The van der Waals surface area contributed by atoms with Gasteiger partial charge in [-0.2, -0.15) is 0 Å². The van der Waals surface area contributed by atoms with Crippen molar-refractivity contribution in [2.24, 2.45) is 0 Å². The van der Waals surface area contributed by atoms with E-state index in [9.17, 15) is 0 Å². The van der Waals surface area contributed by atoms with Gasteiger partial charge in [0.2, 0.25) is 0 Å². The van der Waals surface area contributed by atoms with Gasteiger partial charge in [-0.05, 0) is 66.8 Å². The van der Waals surface area contributed by atoms with E-state index in [4.69, 9.17) is 28.6 Å². The van der Waals surface area contributed by atoms with Gasteiger partial charge in [0, 0.05) is 28.8 Å². The predicted molar refractivity (Wildman–Crippen MR) is 132 cm³/mol. The van der Waals surface area contributed by atoms with E-state index in [0.29, 0.717) is 10.1 Å². The van der Waals surface area contributed by atoms with Crippen LogP contribution >= 0.6 is 23.8 Å². The maximum atomic E-state index is 6.30. The number of ether oxygens (including phenoxy) is 1. The second-order valence-corrected chi connectivity index (χ2v) is 8.27. The largest absolute Gasteiger partial charge is 0.495 e. The van der Waals surface area contributed by atoms with Crippen molar-refractivity contribution in [2.45, 2.75) is 12.1 Å². The Balaban J connectivity index is 1.70. The molecule has 1 aliphatic heterocycles. The van der Waals surface area contributed by atoms with Gasteiger partial charge in [0.15, 0.2) is 5.11 Å². The molecular formula is C25H21ClN4OS. The molecular weight excluding hydrogens is 440 g/mol. The summed E-state index contributed by atoms with van der Waals surface area (Å²) in [5.74, 6) is 0.754. The molecule has 1 N–H and O–H groups in total. The molecule has 32 heavy (non-hydrogen) atoms. The SMILES string of the molecule is COc1ccccc1N1C(=S)N[C@H](c2ccccn2)[C@@H]1c1cccn1-c1cccc(Cl)c1. The monoisotopic (exact) mass is 460 g/mol. The fourth-order valence-electron chi connectivity index (χ4n) is 4.24. The Kier molecular flexibility index (Phi) is 5.55. The van der Waals surface area contributed by atoms with Crippen LogP contribution in [0.5, 0.6) is 5.75 Å². The van der Waals surface area contributed by atoms with Crippen molar-refractivity contribution in [3.05, 3.63) is 108 Å². The maximum Gasteiger partial charge on any atom is 0.174 e. The van der Waals surface area contributed by atoms with Crippen molar-refractivity contribution in [3.8, 4) is 11.4 Å². The van der Waals surface area contributed by atoms with Gasteiger partial charge in [0.25, 0.3) is 0 Å². The molecule has 7 heteroatoms. The number of nitrogens with one attached hydrogen (secondary N) is 1. The average molecular weight is 461 g/mol. The molecule has 0 aliphatic carbocycles. The zero-order valence-electron chi connectivity index (χ0n) is 17.4. The molecule has 5 rings (SSSR count). The second-order valence-electron chi connectivity index (χ2n) is 7.45. The van der Waals surface area contributed by atoms with E-state index in [1.54, 1.807) is 13.3 Å². The number of hydrogen-bond acceptors (Lipinski definition) is 3. The number of benzene rings is 2. The number of anilines is 1. The van der Waals surface area contributed by atoms with E-state index in [1.165, 1.54) is 0 Å². The standard InChI is InChI=1S/C25H21ClN4OS/c1-31-22-13-3-2-11-20(22)30-24(23(28-25(30)32)19-10-4-5-14-27-19)21-12-7-15-29(21)18-9-6-8-17(26)16-18/h2-16,23-24H,1H3,(H,28,32)/t23-,24+/m1/s1. The highest BCUT2D eigenvalue weighted by Crippen LogP contribution is 2.44. The summed E-state index contributed by atoms with van der Waals surface area (Å²) in [5, 5.41) is 4.80. The molecule has 2 atom stereocenters. The first-order chi connectivity index (χ1) is 15.7. The van der Waals surface area contributed by atoms with Gasteiger partial charge in [-0.25, -0.2) is 0 Å². The molecule has 4 aromatic rings. The van der Waals surface area contributed by atoms with Crippen LogP contribution in [0.25, 0.3) is 5.69 Å². The summed E-state index contributed by atoms with van der Waals surface area (Å²) in [6, 6.07) is 25.5. The zero-order chi connectivity index (χ0) is 22.1. The third kappa shape index (κ3) is 3.61. The van der Waals surface area contributed by atoms with Gasteiger partial charge in [-0.1, -0.05) is 35.9 Å². The minimum atomic E-state index is -0.164. The minimum absolute atomic E-state index is 0.151. The molecule has 0 radical (unpaired) electrons. The number of nitrogens with zero attached hydrogens (tertiary/aromatic N) is 3. The topological polar surface area (TPSA) is 42.3 Å². The third-order valence-electron chi connectivity index (χ3n) is 5.61. The fourth-order valence-corrected chi connectivity index (χ4v) is 4.76. The van der Waals surface area contributed by atoms with E-state index < -0.39 is 0 Å². The van der Waals surface area contributed by atoms with Crippen LogP contribution in [0.15, 0.2) is 91.3 Å². The van der Waals surface area contributed by atoms with E-state index in [2.05, 4.69) is 25.8 Å². The first-order valence-electron chi connectivity index (χ1n) is 10.2. The van der Waals surface area contributed by atoms with Crippen molar-refractivity contribution >= 4 is 34.6 Å². The molecule has 160 valence electrons. The summed E-state index contributed by atoms with van der Waals surface area (Å²) >= 11 is 12.1. The molecule has 2 aromatic carbocycles. The average Bonchev–Trinajstić information content (AvgIpc) is 3.44. The van der Waals surface area contributed by atoms with Gasteiger partial charge in [-0.3, -0.25) is 4.98 Å². The predicted octanol–water partition coefficient (Wildman–Crippen LogP) is 5.71. The summed E-state index contributed by atoms with van der Waals surface area (Å²) < 4.78 is 7.82. The van der Waals surface area contributed by atoms with E-state index in [-0.39, 0.29) is 12.1 Å². The van der Waals surface area contributed by atoms with E-state index in [1.807, 2.05) is 79.0 Å². The van der Waals surface area contributed by atoms with Crippen molar-refractivity contribution in [2.75, 3.05) is 12.0 Å². The Morgan fingerprint density at radius 1 is 1.00 bits per heavy atom. The lowest BCUT2D eigenvalue weighted by Gasteiger charge is -2.30. The third-order valence-corrected chi connectivity index (χ3v) is 6.16. The Hall–Kier alpha value is -3.35. The van der Waals surface area contributed by atoms with Crippen LogP contribution < -0.4 is 15.0 Å². The number of hydrogen-bond donors (Lipinski definition) is 1. The van der Waals surface area contributed by atoms with Crippen molar-refractivity contribution in [3.63, 3.8) is 0 Å².